The van der Waals surface area contributed by atoms with Crippen molar-refractivity contribution in [2.24, 2.45) is 0 Å². The molecule has 23 heavy (non-hydrogen) atoms. The first kappa shape index (κ1) is 15.4. The number of amides is 1. The Balaban J connectivity index is 1.55. The molecule has 1 amide bonds. The number of aromatic amines is 1. The lowest BCUT2D eigenvalue weighted by Crippen LogP contribution is -2.14. The summed E-state index contributed by atoms with van der Waals surface area (Å²) >= 11 is 1.27. The molecule has 2 heterocycles. The number of furan rings is 1. The van der Waals surface area contributed by atoms with Crippen LogP contribution in [0.1, 0.15) is 11.1 Å². The van der Waals surface area contributed by atoms with Gasteiger partial charge in [0.1, 0.15) is 0 Å². The summed E-state index contributed by atoms with van der Waals surface area (Å²) in [5.74, 6) is 1.31. The van der Waals surface area contributed by atoms with Crippen molar-refractivity contribution >= 4 is 23.4 Å². The van der Waals surface area contributed by atoms with Gasteiger partial charge in [-0.3, -0.25) is 9.89 Å². The van der Waals surface area contributed by atoms with Gasteiger partial charge in [-0.2, -0.15) is 4.98 Å². The molecule has 2 aromatic heterocycles. The minimum absolute atomic E-state index is 0.0948. The quantitative estimate of drug-likeness (QED) is 0.701. The summed E-state index contributed by atoms with van der Waals surface area (Å²) in [4.78, 5) is 16.3. The fourth-order valence-electron chi connectivity index (χ4n) is 1.98. The topological polar surface area (TPSA) is 83.8 Å². The molecule has 2 N–H and O–H groups in total. The zero-order valence-electron chi connectivity index (χ0n) is 12.8. The largest absolute Gasteiger partial charge is 0.461 e. The van der Waals surface area contributed by atoms with Crippen molar-refractivity contribution in [1.29, 1.82) is 0 Å². The van der Waals surface area contributed by atoms with Crippen molar-refractivity contribution in [2.75, 3.05) is 11.1 Å². The van der Waals surface area contributed by atoms with Gasteiger partial charge < -0.3 is 9.73 Å². The van der Waals surface area contributed by atoms with Crippen LogP contribution in [0.5, 0.6) is 0 Å². The predicted molar refractivity (Wildman–Crippen MR) is 89.4 cm³/mol. The van der Waals surface area contributed by atoms with E-state index in [1.165, 1.54) is 17.3 Å². The molecule has 0 aliphatic rings. The van der Waals surface area contributed by atoms with E-state index in [1.54, 1.807) is 18.4 Å². The Morgan fingerprint density at radius 3 is 2.91 bits per heavy atom. The van der Waals surface area contributed by atoms with E-state index < -0.39 is 0 Å². The first-order chi connectivity index (χ1) is 11.1. The average Bonchev–Trinajstić information content (AvgIpc) is 3.19. The maximum absolute atomic E-state index is 12.0. The van der Waals surface area contributed by atoms with Crippen LogP contribution in [0.2, 0.25) is 0 Å². The lowest BCUT2D eigenvalue weighted by atomic mass is 10.1. The zero-order valence-corrected chi connectivity index (χ0v) is 13.6. The van der Waals surface area contributed by atoms with Crippen LogP contribution < -0.4 is 5.32 Å². The number of thioether (sulfide) groups is 1. The van der Waals surface area contributed by atoms with Gasteiger partial charge in [-0.1, -0.05) is 17.8 Å². The van der Waals surface area contributed by atoms with E-state index in [2.05, 4.69) is 20.5 Å². The summed E-state index contributed by atoms with van der Waals surface area (Å²) in [5, 5.41) is 10.2. The highest BCUT2D eigenvalue weighted by atomic mass is 32.2. The monoisotopic (exact) mass is 328 g/mol. The zero-order chi connectivity index (χ0) is 16.2. The number of carbonyl (C=O) groups is 1. The molecule has 0 atom stereocenters. The summed E-state index contributed by atoms with van der Waals surface area (Å²) in [6.07, 6.45) is 1.57. The van der Waals surface area contributed by atoms with Crippen LogP contribution in [0.25, 0.3) is 11.6 Å². The Kier molecular flexibility index (Phi) is 4.47. The lowest BCUT2D eigenvalue weighted by molar-refractivity contribution is -0.113. The number of benzene rings is 1. The summed E-state index contributed by atoms with van der Waals surface area (Å²) in [7, 11) is 0. The van der Waals surface area contributed by atoms with Crippen LogP contribution in [0.15, 0.2) is 46.2 Å². The number of rotatable bonds is 5. The molecule has 0 saturated heterocycles. The molecule has 7 heteroatoms. The molecule has 0 aliphatic carbocycles. The van der Waals surface area contributed by atoms with Gasteiger partial charge in [-0.25, -0.2) is 0 Å². The third-order valence-corrected chi connectivity index (χ3v) is 4.19. The number of hydrogen-bond acceptors (Lipinski definition) is 5. The van der Waals surface area contributed by atoms with Gasteiger partial charge in [0.25, 0.3) is 0 Å². The molecular formula is C16H16N4O2S. The third-order valence-electron chi connectivity index (χ3n) is 3.34. The third kappa shape index (κ3) is 3.81. The lowest BCUT2D eigenvalue weighted by Gasteiger charge is -2.06. The maximum Gasteiger partial charge on any atom is 0.234 e. The summed E-state index contributed by atoms with van der Waals surface area (Å²) < 4.78 is 5.24. The molecule has 0 fully saturated rings. The number of nitrogens with one attached hydrogen (secondary N) is 2. The highest BCUT2D eigenvalue weighted by Gasteiger charge is 2.10. The number of anilines is 1. The molecule has 0 bridgehead atoms. The first-order valence-corrected chi connectivity index (χ1v) is 8.06. The minimum atomic E-state index is -0.0948. The molecule has 1 aromatic carbocycles. The Hall–Kier alpha value is -2.54. The van der Waals surface area contributed by atoms with Crippen LogP contribution in [0.4, 0.5) is 5.69 Å². The van der Waals surface area contributed by atoms with Gasteiger partial charge in [-0.15, -0.1) is 5.10 Å². The molecule has 3 aromatic rings. The standard InChI is InChI=1S/C16H16N4O2S/c1-10-5-6-12(8-11(10)2)17-14(21)9-23-16-18-15(19-20-16)13-4-3-7-22-13/h3-8H,9H2,1-2H3,(H,17,21)(H,18,19,20). The van der Waals surface area contributed by atoms with E-state index in [4.69, 9.17) is 4.42 Å². The summed E-state index contributed by atoms with van der Waals surface area (Å²) in [6.45, 7) is 4.06. The Morgan fingerprint density at radius 1 is 1.30 bits per heavy atom. The van der Waals surface area contributed by atoms with Crippen LogP contribution in [-0.4, -0.2) is 26.8 Å². The van der Waals surface area contributed by atoms with Crippen molar-refractivity contribution in [3.63, 3.8) is 0 Å². The Labute approximate surface area is 137 Å². The maximum atomic E-state index is 12.0. The number of aromatic nitrogens is 3. The first-order valence-electron chi connectivity index (χ1n) is 7.08. The molecule has 3 rings (SSSR count). The normalized spacial score (nSPS) is 10.7. The Bertz CT molecular complexity index is 811. The second-order valence-corrected chi connectivity index (χ2v) is 6.02. The van der Waals surface area contributed by atoms with Gasteiger partial charge in [0, 0.05) is 5.69 Å². The summed E-state index contributed by atoms with van der Waals surface area (Å²) in [6, 6.07) is 9.42. The molecule has 6 nitrogen and oxygen atoms in total. The second kappa shape index (κ2) is 6.70. The van der Waals surface area contributed by atoms with Crippen molar-refractivity contribution < 1.29 is 9.21 Å². The summed E-state index contributed by atoms with van der Waals surface area (Å²) in [5.41, 5.74) is 3.14. The van der Waals surface area contributed by atoms with Gasteiger partial charge in [0.15, 0.2) is 11.6 Å². The number of hydrogen-bond donors (Lipinski definition) is 2. The highest BCUT2D eigenvalue weighted by molar-refractivity contribution is 7.99. The van der Waals surface area contributed by atoms with E-state index in [9.17, 15) is 4.79 Å². The average molecular weight is 328 g/mol. The highest BCUT2D eigenvalue weighted by Crippen LogP contribution is 2.20. The van der Waals surface area contributed by atoms with Crippen molar-refractivity contribution in [3.05, 3.63) is 47.7 Å². The van der Waals surface area contributed by atoms with E-state index in [0.29, 0.717) is 16.7 Å². The van der Waals surface area contributed by atoms with Gasteiger partial charge in [-0.05, 0) is 49.2 Å². The van der Waals surface area contributed by atoms with Crippen molar-refractivity contribution in [3.8, 4) is 11.6 Å². The van der Waals surface area contributed by atoms with Crippen LogP contribution in [0.3, 0.4) is 0 Å². The van der Waals surface area contributed by atoms with E-state index in [1.807, 2.05) is 32.0 Å². The molecule has 0 radical (unpaired) electrons. The van der Waals surface area contributed by atoms with Gasteiger partial charge >= 0.3 is 0 Å². The minimum Gasteiger partial charge on any atom is -0.461 e. The van der Waals surface area contributed by atoms with Crippen molar-refractivity contribution in [2.45, 2.75) is 19.0 Å². The van der Waals surface area contributed by atoms with Gasteiger partial charge in [0.2, 0.25) is 11.1 Å². The van der Waals surface area contributed by atoms with E-state index >= 15 is 0 Å². The van der Waals surface area contributed by atoms with E-state index in [-0.39, 0.29) is 11.7 Å². The second-order valence-electron chi connectivity index (χ2n) is 5.08. The molecule has 0 saturated carbocycles. The smallest absolute Gasteiger partial charge is 0.234 e. The fraction of sp³-hybridized carbons (Fsp3) is 0.188. The number of nitrogens with zero attached hydrogens (tertiary/aromatic N) is 2. The number of carbonyl (C=O) groups excluding carboxylic acids is 1. The number of aryl methyl sites for hydroxylation is 2. The molecular weight excluding hydrogens is 312 g/mol. The fourth-order valence-corrected chi connectivity index (χ4v) is 2.58. The molecule has 118 valence electrons. The van der Waals surface area contributed by atoms with Crippen LogP contribution >= 0.6 is 11.8 Å². The molecule has 0 unspecified atom stereocenters. The van der Waals surface area contributed by atoms with Crippen molar-refractivity contribution in [1.82, 2.24) is 15.2 Å². The van der Waals surface area contributed by atoms with Gasteiger partial charge in [0.05, 0.1) is 12.0 Å². The van der Waals surface area contributed by atoms with Crippen LogP contribution in [0, 0.1) is 13.8 Å². The SMILES string of the molecule is Cc1ccc(NC(=O)CSc2n[nH]c(-c3ccco3)n2)cc1C. The van der Waals surface area contributed by atoms with Crippen LogP contribution in [-0.2, 0) is 4.79 Å². The predicted octanol–water partition coefficient (Wildman–Crippen LogP) is 3.41. The number of H-pyrrole nitrogens is 1. The van der Waals surface area contributed by atoms with E-state index in [0.717, 1.165) is 11.3 Å². The molecule has 0 aliphatic heterocycles. The Morgan fingerprint density at radius 2 is 2.17 bits per heavy atom. The molecule has 0 spiro atoms.